The van der Waals surface area contributed by atoms with Gasteiger partial charge in [-0.1, -0.05) is 24.6 Å². The van der Waals surface area contributed by atoms with Gasteiger partial charge >= 0.3 is 6.03 Å². The second kappa shape index (κ2) is 6.96. The Kier molecular flexibility index (Phi) is 4.87. The number of aryl methyl sites for hydroxylation is 2. The molecule has 7 heteroatoms. The molecule has 3 rings (SSSR count). The van der Waals surface area contributed by atoms with Crippen LogP contribution in [0.5, 0.6) is 11.6 Å². The molecule has 0 spiro atoms. The van der Waals surface area contributed by atoms with Crippen LogP contribution in [0.3, 0.4) is 0 Å². The first kappa shape index (κ1) is 18.2. The number of hydrogen-bond acceptors (Lipinski definition) is 4. The third kappa shape index (κ3) is 3.37. The number of urea groups is 1. The Labute approximate surface area is 157 Å². The van der Waals surface area contributed by atoms with Crippen molar-refractivity contribution >= 4 is 23.5 Å². The summed E-state index contributed by atoms with van der Waals surface area (Å²) >= 11 is 5.92. The highest BCUT2D eigenvalue weighted by atomic mass is 35.5. The zero-order valence-electron chi connectivity index (χ0n) is 15.0. The normalized spacial score (nSPS) is 20.1. The van der Waals surface area contributed by atoms with Gasteiger partial charge in [0.1, 0.15) is 5.75 Å². The fourth-order valence-corrected chi connectivity index (χ4v) is 3.39. The summed E-state index contributed by atoms with van der Waals surface area (Å²) in [4.78, 5) is 29.7. The largest absolute Gasteiger partial charge is 0.439 e. The average molecular weight is 374 g/mol. The zero-order valence-corrected chi connectivity index (χ0v) is 15.8. The Bertz CT molecular complexity index is 864. The van der Waals surface area contributed by atoms with Crippen LogP contribution in [0, 0.1) is 19.8 Å². The van der Waals surface area contributed by atoms with E-state index in [2.05, 4.69) is 10.3 Å². The lowest BCUT2D eigenvalue weighted by atomic mass is 9.88. The van der Waals surface area contributed by atoms with Gasteiger partial charge in [-0.3, -0.25) is 10.1 Å². The Hall–Kier alpha value is -2.60. The fraction of sp³-hybridized carbons (Fsp3) is 0.316. The van der Waals surface area contributed by atoms with E-state index >= 15 is 0 Å². The Balaban J connectivity index is 1.89. The standard InChI is InChI=1S/C19H20ClN3O3/c1-10-8-14(26-18-11(2)7-13(20)9-21-18)5-6-15(10)16-12(3)17(24)22-19(25)23(16)4/h5-9,12,16H,1-4H3,(H,22,24,25). The lowest BCUT2D eigenvalue weighted by Crippen LogP contribution is -2.53. The van der Waals surface area contributed by atoms with E-state index in [1.807, 2.05) is 39.0 Å². The molecule has 6 nitrogen and oxygen atoms in total. The predicted octanol–water partition coefficient (Wildman–Crippen LogP) is 4.00. The van der Waals surface area contributed by atoms with Crippen molar-refractivity contribution in [1.82, 2.24) is 15.2 Å². The molecule has 2 unspecified atom stereocenters. The van der Waals surface area contributed by atoms with Gasteiger partial charge in [-0.2, -0.15) is 0 Å². The highest BCUT2D eigenvalue weighted by Crippen LogP contribution is 2.35. The quantitative estimate of drug-likeness (QED) is 0.882. The van der Waals surface area contributed by atoms with Crippen LogP contribution in [0.4, 0.5) is 4.79 Å². The SMILES string of the molecule is Cc1cc(Oc2ncc(Cl)cc2C)ccc1C1C(C)C(=O)NC(=O)N1C. The molecule has 2 heterocycles. The number of halogens is 1. The molecule has 0 bridgehead atoms. The number of imide groups is 1. The van der Waals surface area contributed by atoms with Crippen LogP contribution in [0.1, 0.15) is 29.7 Å². The first-order chi connectivity index (χ1) is 12.3. The maximum atomic E-state index is 12.0. The number of carbonyl (C=O) groups is 2. The van der Waals surface area contributed by atoms with Crippen molar-refractivity contribution in [2.45, 2.75) is 26.8 Å². The highest BCUT2D eigenvalue weighted by Gasteiger charge is 2.38. The van der Waals surface area contributed by atoms with Crippen molar-refractivity contribution in [3.8, 4) is 11.6 Å². The molecule has 2 aromatic rings. The van der Waals surface area contributed by atoms with E-state index in [-0.39, 0.29) is 23.9 Å². The number of carbonyl (C=O) groups excluding carboxylic acids is 2. The van der Waals surface area contributed by atoms with Crippen LogP contribution in [0.2, 0.25) is 5.02 Å². The number of nitrogens with zero attached hydrogens (tertiary/aromatic N) is 2. The summed E-state index contributed by atoms with van der Waals surface area (Å²) in [6.45, 7) is 5.62. The van der Waals surface area contributed by atoms with Gasteiger partial charge in [0, 0.05) is 18.8 Å². The molecular weight excluding hydrogens is 354 g/mol. The Morgan fingerprint density at radius 1 is 1.19 bits per heavy atom. The Morgan fingerprint density at radius 2 is 1.92 bits per heavy atom. The molecule has 1 saturated heterocycles. The molecule has 1 aromatic heterocycles. The van der Waals surface area contributed by atoms with E-state index in [4.69, 9.17) is 16.3 Å². The van der Waals surface area contributed by atoms with Gasteiger partial charge in [-0.05, 0) is 43.2 Å². The lowest BCUT2D eigenvalue weighted by Gasteiger charge is -2.37. The number of amides is 3. The minimum absolute atomic E-state index is 0.265. The summed E-state index contributed by atoms with van der Waals surface area (Å²) in [5.74, 6) is 0.507. The average Bonchev–Trinajstić information content (AvgIpc) is 2.57. The number of pyridine rings is 1. The van der Waals surface area contributed by atoms with Crippen LogP contribution in [-0.4, -0.2) is 28.9 Å². The van der Waals surface area contributed by atoms with Crippen molar-refractivity contribution in [3.63, 3.8) is 0 Å². The van der Waals surface area contributed by atoms with E-state index < -0.39 is 0 Å². The fourth-order valence-electron chi connectivity index (χ4n) is 3.18. The van der Waals surface area contributed by atoms with Crippen molar-refractivity contribution in [1.29, 1.82) is 0 Å². The van der Waals surface area contributed by atoms with Crippen molar-refractivity contribution < 1.29 is 14.3 Å². The molecule has 1 aliphatic rings. The maximum Gasteiger partial charge on any atom is 0.324 e. The van der Waals surface area contributed by atoms with Crippen LogP contribution in [0.15, 0.2) is 30.5 Å². The van der Waals surface area contributed by atoms with Gasteiger partial charge < -0.3 is 9.64 Å². The predicted molar refractivity (Wildman–Crippen MR) is 98.4 cm³/mol. The van der Waals surface area contributed by atoms with E-state index in [0.29, 0.717) is 16.7 Å². The number of nitrogens with one attached hydrogen (secondary N) is 1. The molecule has 136 valence electrons. The first-order valence-electron chi connectivity index (χ1n) is 8.26. The summed E-state index contributed by atoms with van der Waals surface area (Å²) in [6.07, 6.45) is 1.54. The second-order valence-electron chi connectivity index (χ2n) is 6.53. The topological polar surface area (TPSA) is 71.5 Å². The molecule has 26 heavy (non-hydrogen) atoms. The van der Waals surface area contributed by atoms with E-state index in [0.717, 1.165) is 16.7 Å². The molecular formula is C19H20ClN3O3. The maximum absolute atomic E-state index is 12.0. The monoisotopic (exact) mass is 373 g/mol. The minimum atomic E-state index is -0.390. The van der Waals surface area contributed by atoms with Crippen LogP contribution < -0.4 is 10.1 Å². The molecule has 0 saturated carbocycles. The summed E-state index contributed by atoms with van der Waals surface area (Å²) in [5.41, 5.74) is 2.68. The lowest BCUT2D eigenvalue weighted by molar-refractivity contribution is -0.127. The van der Waals surface area contributed by atoms with Gasteiger partial charge in [0.05, 0.1) is 17.0 Å². The van der Waals surface area contributed by atoms with Gasteiger partial charge in [0.15, 0.2) is 0 Å². The number of benzene rings is 1. The summed E-state index contributed by atoms with van der Waals surface area (Å²) < 4.78 is 5.85. The molecule has 0 radical (unpaired) electrons. The van der Waals surface area contributed by atoms with Crippen molar-refractivity contribution in [2.24, 2.45) is 5.92 Å². The molecule has 0 aliphatic carbocycles. The molecule has 1 aliphatic heterocycles. The molecule has 1 N–H and O–H groups in total. The molecule has 1 fully saturated rings. The van der Waals surface area contributed by atoms with Crippen LogP contribution in [-0.2, 0) is 4.79 Å². The van der Waals surface area contributed by atoms with Crippen LogP contribution in [0.25, 0.3) is 0 Å². The van der Waals surface area contributed by atoms with Gasteiger partial charge in [0.2, 0.25) is 11.8 Å². The third-order valence-corrected chi connectivity index (χ3v) is 4.83. The second-order valence-corrected chi connectivity index (χ2v) is 6.97. The summed E-state index contributed by atoms with van der Waals surface area (Å²) in [5, 5.41) is 2.91. The minimum Gasteiger partial charge on any atom is -0.439 e. The molecule has 1 aromatic carbocycles. The number of ether oxygens (including phenoxy) is 1. The van der Waals surface area contributed by atoms with E-state index in [1.54, 1.807) is 18.0 Å². The van der Waals surface area contributed by atoms with E-state index in [1.165, 1.54) is 6.20 Å². The summed E-state index contributed by atoms with van der Waals surface area (Å²) in [6, 6.07) is 6.66. The van der Waals surface area contributed by atoms with Gasteiger partial charge in [0.25, 0.3) is 0 Å². The van der Waals surface area contributed by atoms with Crippen molar-refractivity contribution in [3.05, 3.63) is 52.2 Å². The van der Waals surface area contributed by atoms with Crippen LogP contribution >= 0.6 is 11.6 Å². The zero-order chi connectivity index (χ0) is 19.0. The number of rotatable bonds is 3. The molecule has 3 amide bonds. The third-order valence-electron chi connectivity index (χ3n) is 4.63. The first-order valence-corrected chi connectivity index (χ1v) is 8.64. The number of hydrogen-bond donors (Lipinski definition) is 1. The smallest absolute Gasteiger partial charge is 0.324 e. The summed E-state index contributed by atoms with van der Waals surface area (Å²) in [7, 11) is 1.69. The highest BCUT2D eigenvalue weighted by molar-refractivity contribution is 6.30. The Morgan fingerprint density at radius 3 is 2.58 bits per heavy atom. The van der Waals surface area contributed by atoms with E-state index in [9.17, 15) is 9.59 Å². The number of aromatic nitrogens is 1. The van der Waals surface area contributed by atoms with Crippen molar-refractivity contribution in [2.75, 3.05) is 7.05 Å². The van der Waals surface area contributed by atoms with Gasteiger partial charge in [-0.15, -0.1) is 0 Å². The van der Waals surface area contributed by atoms with Gasteiger partial charge in [-0.25, -0.2) is 9.78 Å². The molecule has 2 atom stereocenters.